The Bertz CT molecular complexity index is 747. The Morgan fingerprint density at radius 2 is 2.00 bits per heavy atom. The quantitative estimate of drug-likeness (QED) is 0.263. The van der Waals surface area contributed by atoms with E-state index in [0.717, 1.165) is 36.0 Å². The number of piperazine rings is 1. The number of thiazole rings is 1. The second-order valence-corrected chi connectivity index (χ2v) is 10.2. The zero-order valence-corrected chi connectivity index (χ0v) is 22.4. The molecule has 1 aromatic heterocycles. The molecule has 2 rings (SSSR count). The minimum absolute atomic E-state index is 0. The lowest BCUT2D eigenvalue weighted by atomic mass is 10.3. The number of nitrogens with zero attached hydrogens (tertiary/aromatic N) is 4. The maximum Gasteiger partial charge on any atom is 0.216 e. The summed E-state index contributed by atoms with van der Waals surface area (Å²) in [6.07, 6.45) is 1.82. The van der Waals surface area contributed by atoms with Crippen LogP contribution in [0.1, 0.15) is 38.4 Å². The lowest BCUT2D eigenvalue weighted by molar-refractivity contribution is 0.0904. The average molecular weight is 574 g/mol. The fourth-order valence-corrected chi connectivity index (χ4v) is 5.09. The third-order valence-corrected chi connectivity index (χ3v) is 7.47. The van der Waals surface area contributed by atoms with E-state index in [4.69, 9.17) is 9.73 Å². The van der Waals surface area contributed by atoms with Gasteiger partial charge in [0, 0.05) is 51.1 Å². The molecule has 1 aromatic rings. The van der Waals surface area contributed by atoms with E-state index in [1.807, 2.05) is 20.8 Å². The number of halogens is 1. The van der Waals surface area contributed by atoms with Crippen molar-refractivity contribution < 1.29 is 13.2 Å². The molecule has 0 amide bonds. The summed E-state index contributed by atoms with van der Waals surface area (Å²) >= 11 is 1.70. The first-order valence-electron chi connectivity index (χ1n) is 10.4. The number of guanidine groups is 1. The molecule has 30 heavy (non-hydrogen) atoms. The standard InChI is InChI=1S/C19H35N5O3S2.HI/c1-5-18-22-17(15-28-18)7-8-21-19(20-6-2)23-9-11-24(12-10-23)29(25,26)14-13-27-16(3)4;/h15-16H,5-14H2,1-4H3,(H,20,21);1H. The maximum atomic E-state index is 12.5. The van der Waals surface area contributed by atoms with Gasteiger partial charge < -0.3 is 15.0 Å². The minimum Gasteiger partial charge on any atom is -0.378 e. The molecule has 0 atom stereocenters. The van der Waals surface area contributed by atoms with Gasteiger partial charge in [0.25, 0.3) is 0 Å². The van der Waals surface area contributed by atoms with Crippen molar-refractivity contribution in [3.05, 3.63) is 16.1 Å². The Morgan fingerprint density at radius 3 is 2.57 bits per heavy atom. The highest BCUT2D eigenvalue weighted by Gasteiger charge is 2.28. The molecule has 1 aliphatic heterocycles. The summed E-state index contributed by atoms with van der Waals surface area (Å²) < 4.78 is 32.0. The Morgan fingerprint density at radius 1 is 1.30 bits per heavy atom. The number of aliphatic imine (C=N–C) groups is 1. The molecule has 0 spiro atoms. The fourth-order valence-electron chi connectivity index (χ4n) is 3.02. The van der Waals surface area contributed by atoms with Gasteiger partial charge in [-0.3, -0.25) is 4.99 Å². The molecule has 8 nitrogen and oxygen atoms in total. The summed E-state index contributed by atoms with van der Waals surface area (Å²) in [6, 6.07) is 0. The molecule has 0 aromatic carbocycles. The van der Waals surface area contributed by atoms with Crippen LogP contribution in [0.25, 0.3) is 0 Å². The lowest BCUT2D eigenvalue weighted by Crippen LogP contribution is -2.54. The van der Waals surface area contributed by atoms with Crippen LogP contribution in [0.4, 0.5) is 0 Å². The largest absolute Gasteiger partial charge is 0.378 e. The van der Waals surface area contributed by atoms with Crippen LogP contribution in [0.2, 0.25) is 0 Å². The zero-order chi connectivity index (χ0) is 21.3. The van der Waals surface area contributed by atoms with Crippen molar-refractivity contribution in [2.75, 3.05) is 51.6 Å². The number of hydrogen-bond acceptors (Lipinski definition) is 6. The zero-order valence-electron chi connectivity index (χ0n) is 18.5. The minimum atomic E-state index is -3.28. The molecule has 0 unspecified atom stereocenters. The van der Waals surface area contributed by atoms with E-state index in [1.165, 1.54) is 0 Å². The summed E-state index contributed by atoms with van der Waals surface area (Å²) in [5.74, 6) is 0.880. The Kier molecular flexibility index (Phi) is 12.7. The van der Waals surface area contributed by atoms with E-state index >= 15 is 0 Å². The molecule has 1 saturated heterocycles. The highest BCUT2D eigenvalue weighted by molar-refractivity contribution is 14.0. The maximum absolute atomic E-state index is 12.5. The van der Waals surface area contributed by atoms with Gasteiger partial charge in [-0.2, -0.15) is 4.31 Å². The summed E-state index contributed by atoms with van der Waals surface area (Å²) in [7, 11) is -3.28. The topological polar surface area (TPSA) is 87.1 Å². The van der Waals surface area contributed by atoms with Gasteiger partial charge in [0.1, 0.15) is 0 Å². The van der Waals surface area contributed by atoms with Gasteiger partial charge >= 0.3 is 0 Å². The molecule has 1 fully saturated rings. The second-order valence-electron chi connectivity index (χ2n) is 7.19. The van der Waals surface area contributed by atoms with E-state index in [-0.39, 0.29) is 42.4 Å². The SMILES string of the molecule is CCNC(=NCCc1csc(CC)n1)N1CCN(S(=O)(=O)CCOC(C)C)CC1.I. The number of hydrogen-bond donors (Lipinski definition) is 1. The highest BCUT2D eigenvalue weighted by Crippen LogP contribution is 2.11. The molecule has 0 radical (unpaired) electrons. The van der Waals surface area contributed by atoms with Crippen LogP contribution in [-0.4, -0.2) is 86.3 Å². The third kappa shape index (κ3) is 8.93. The Balaban J connectivity index is 0.00000450. The predicted molar refractivity (Wildman–Crippen MR) is 135 cm³/mol. The van der Waals surface area contributed by atoms with Crippen molar-refractivity contribution in [3.63, 3.8) is 0 Å². The first kappa shape index (κ1) is 27.5. The van der Waals surface area contributed by atoms with Crippen LogP contribution in [0.3, 0.4) is 0 Å². The van der Waals surface area contributed by atoms with Crippen molar-refractivity contribution in [2.45, 2.75) is 46.6 Å². The number of aromatic nitrogens is 1. The van der Waals surface area contributed by atoms with Gasteiger partial charge in [-0.15, -0.1) is 35.3 Å². The van der Waals surface area contributed by atoms with Gasteiger partial charge in [-0.25, -0.2) is 13.4 Å². The Hall–Kier alpha value is -0.500. The third-order valence-electron chi connectivity index (χ3n) is 4.59. The van der Waals surface area contributed by atoms with Crippen molar-refractivity contribution in [1.82, 2.24) is 19.5 Å². The van der Waals surface area contributed by atoms with Crippen molar-refractivity contribution >= 4 is 51.3 Å². The molecule has 2 heterocycles. The van der Waals surface area contributed by atoms with Gasteiger partial charge in [0.05, 0.1) is 29.2 Å². The van der Waals surface area contributed by atoms with Crippen LogP contribution in [0.5, 0.6) is 0 Å². The van der Waals surface area contributed by atoms with E-state index in [2.05, 4.69) is 27.5 Å². The van der Waals surface area contributed by atoms with Crippen LogP contribution in [0.15, 0.2) is 10.4 Å². The van der Waals surface area contributed by atoms with E-state index in [9.17, 15) is 8.42 Å². The van der Waals surface area contributed by atoms with Gasteiger partial charge in [0.15, 0.2) is 5.96 Å². The Labute approximate surface area is 202 Å². The molecule has 0 saturated carbocycles. The number of sulfonamides is 1. The number of ether oxygens (including phenoxy) is 1. The van der Waals surface area contributed by atoms with Crippen molar-refractivity contribution in [1.29, 1.82) is 0 Å². The predicted octanol–water partition coefficient (Wildman–Crippen LogP) is 2.20. The summed E-state index contributed by atoms with van der Waals surface area (Å²) in [5, 5.41) is 6.59. The van der Waals surface area contributed by atoms with E-state index < -0.39 is 10.0 Å². The lowest BCUT2D eigenvalue weighted by Gasteiger charge is -2.35. The number of aryl methyl sites for hydroxylation is 1. The molecular formula is C19H36IN5O3S2. The first-order chi connectivity index (χ1) is 13.9. The molecule has 0 aliphatic carbocycles. The average Bonchev–Trinajstić information content (AvgIpc) is 3.15. The van der Waals surface area contributed by atoms with E-state index in [1.54, 1.807) is 15.6 Å². The normalized spacial score (nSPS) is 16.0. The summed E-state index contributed by atoms with van der Waals surface area (Å²) in [4.78, 5) is 11.5. The van der Waals surface area contributed by atoms with Crippen LogP contribution in [-0.2, 0) is 27.6 Å². The van der Waals surface area contributed by atoms with E-state index in [0.29, 0.717) is 32.7 Å². The van der Waals surface area contributed by atoms with Crippen LogP contribution < -0.4 is 5.32 Å². The second kappa shape index (κ2) is 13.8. The monoisotopic (exact) mass is 573 g/mol. The molecule has 0 bridgehead atoms. The molecule has 174 valence electrons. The molecule has 11 heteroatoms. The van der Waals surface area contributed by atoms with Gasteiger partial charge in [-0.1, -0.05) is 6.92 Å². The number of nitrogens with one attached hydrogen (secondary N) is 1. The van der Waals surface area contributed by atoms with Gasteiger partial charge in [0.2, 0.25) is 10.0 Å². The van der Waals surface area contributed by atoms with Crippen LogP contribution in [0, 0.1) is 0 Å². The van der Waals surface area contributed by atoms with Gasteiger partial charge in [-0.05, 0) is 27.2 Å². The fraction of sp³-hybridized carbons (Fsp3) is 0.789. The first-order valence-corrected chi connectivity index (χ1v) is 12.9. The van der Waals surface area contributed by atoms with Crippen LogP contribution >= 0.6 is 35.3 Å². The smallest absolute Gasteiger partial charge is 0.216 e. The highest BCUT2D eigenvalue weighted by atomic mass is 127. The molecule has 1 N–H and O–H groups in total. The molecular weight excluding hydrogens is 537 g/mol. The van der Waals surface area contributed by atoms with Crippen molar-refractivity contribution in [2.24, 2.45) is 4.99 Å². The molecule has 1 aliphatic rings. The summed E-state index contributed by atoms with van der Waals surface area (Å²) in [5.41, 5.74) is 1.09. The number of rotatable bonds is 10. The summed E-state index contributed by atoms with van der Waals surface area (Å²) in [6.45, 7) is 11.9. The van der Waals surface area contributed by atoms with Crippen molar-refractivity contribution in [3.8, 4) is 0 Å².